The van der Waals surface area contributed by atoms with Crippen molar-refractivity contribution in [2.45, 2.75) is 44.2 Å². The molecule has 0 atom stereocenters. The van der Waals surface area contributed by atoms with Gasteiger partial charge in [0, 0.05) is 30.7 Å². The summed E-state index contributed by atoms with van der Waals surface area (Å²) in [5.41, 5.74) is 1.83. The monoisotopic (exact) mass is 248 g/mol. The molecule has 3 rings (SSSR count). The first kappa shape index (κ1) is 12.2. The molecule has 0 unspecified atom stereocenters. The smallest absolute Gasteiger partial charge is 0.0947 e. The van der Waals surface area contributed by atoms with Crippen molar-refractivity contribution in [3.05, 3.63) is 24.2 Å². The zero-order valence-electron chi connectivity index (χ0n) is 11.4. The predicted molar refractivity (Wildman–Crippen MR) is 72.4 cm³/mol. The molecule has 0 radical (unpaired) electrons. The third kappa shape index (κ3) is 2.34. The fourth-order valence-corrected chi connectivity index (χ4v) is 3.63. The van der Waals surface area contributed by atoms with Crippen molar-refractivity contribution < 1.29 is 4.42 Å². The van der Waals surface area contributed by atoms with E-state index in [0.717, 1.165) is 6.54 Å². The lowest BCUT2D eigenvalue weighted by Crippen LogP contribution is -2.55. The number of furan rings is 1. The van der Waals surface area contributed by atoms with Gasteiger partial charge in [-0.2, -0.15) is 0 Å². The predicted octanol–water partition coefficient (Wildman–Crippen LogP) is 2.73. The van der Waals surface area contributed by atoms with Crippen LogP contribution in [0.15, 0.2) is 23.0 Å². The number of nitrogens with zero attached hydrogens (tertiary/aromatic N) is 2. The van der Waals surface area contributed by atoms with E-state index in [2.05, 4.69) is 22.9 Å². The van der Waals surface area contributed by atoms with E-state index in [1.54, 1.807) is 6.26 Å². The third-order valence-corrected chi connectivity index (χ3v) is 4.97. The van der Waals surface area contributed by atoms with Gasteiger partial charge < -0.3 is 9.32 Å². The van der Waals surface area contributed by atoms with Crippen molar-refractivity contribution in [2.75, 3.05) is 26.7 Å². The molecule has 0 amide bonds. The van der Waals surface area contributed by atoms with Crippen molar-refractivity contribution >= 4 is 0 Å². The zero-order chi connectivity index (χ0) is 12.4. The van der Waals surface area contributed by atoms with E-state index in [-0.39, 0.29) is 0 Å². The molecule has 3 heterocycles. The highest BCUT2D eigenvalue weighted by Gasteiger charge is 2.39. The van der Waals surface area contributed by atoms with Crippen molar-refractivity contribution in [1.29, 1.82) is 0 Å². The van der Waals surface area contributed by atoms with Crippen LogP contribution in [0.3, 0.4) is 0 Å². The van der Waals surface area contributed by atoms with E-state index in [9.17, 15) is 0 Å². The molecule has 2 aliphatic rings. The molecule has 0 aromatic carbocycles. The summed E-state index contributed by atoms with van der Waals surface area (Å²) in [5.74, 6) is 0. The fourth-order valence-electron chi connectivity index (χ4n) is 3.63. The molecular formula is C15H24N2O. The molecule has 100 valence electrons. The highest BCUT2D eigenvalue weighted by atomic mass is 16.3. The van der Waals surface area contributed by atoms with Crippen LogP contribution in [0, 0.1) is 0 Å². The molecule has 1 aromatic heterocycles. The lowest BCUT2D eigenvalue weighted by atomic mass is 9.79. The van der Waals surface area contributed by atoms with Crippen LogP contribution in [-0.4, -0.2) is 42.0 Å². The Morgan fingerprint density at radius 3 is 2.67 bits per heavy atom. The van der Waals surface area contributed by atoms with E-state index in [1.165, 1.54) is 57.3 Å². The van der Waals surface area contributed by atoms with Gasteiger partial charge in [-0.15, -0.1) is 0 Å². The summed E-state index contributed by atoms with van der Waals surface area (Å²) in [6.45, 7) is 4.81. The minimum Gasteiger partial charge on any atom is -0.472 e. The first-order valence-corrected chi connectivity index (χ1v) is 7.23. The van der Waals surface area contributed by atoms with Gasteiger partial charge in [-0.3, -0.25) is 4.90 Å². The second-order valence-electron chi connectivity index (χ2n) is 6.01. The van der Waals surface area contributed by atoms with E-state index >= 15 is 0 Å². The average molecular weight is 248 g/mol. The quantitative estimate of drug-likeness (QED) is 0.802. The summed E-state index contributed by atoms with van der Waals surface area (Å²) in [7, 11) is 2.32. The van der Waals surface area contributed by atoms with Crippen LogP contribution in [0.5, 0.6) is 0 Å². The molecule has 0 saturated carbocycles. The van der Waals surface area contributed by atoms with Crippen molar-refractivity contribution in [2.24, 2.45) is 0 Å². The molecule has 3 nitrogen and oxygen atoms in total. The molecule has 0 aliphatic carbocycles. The van der Waals surface area contributed by atoms with E-state index in [4.69, 9.17) is 4.42 Å². The number of rotatable bonds is 2. The van der Waals surface area contributed by atoms with Gasteiger partial charge in [0.05, 0.1) is 12.5 Å². The van der Waals surface area contributed by atoms with Gasteiger partial charge in [0.15, 0.2) is 0 Å². The maximum absolute atomic E-state index is 5.15. The normalized spacial score (nSPS) is 25.6. The van der Waals surface area contributed by atoms with Crippen LogP contribution < -0.4 is 0 Å². The van der Waals surface area contributed by atoms with Crippen LogP contribution >= 0.6 is 0 Å². The first-order valence-electron chi connectivity index (χ1n) is 7.23. The standard InChI is InChI=1S/C15H24N2O/c1-16-8-3-2-5-15(16)6-9-17(10-7-15)12-14-4-11-18-13-14/h4,11,13H,2-3,5-10,12H2,1H3. The summed E-state index contributed by atoms with van der Waals surface area (Å²) in [4.78, 5) is 5.20. The van der Waals surface area contributed by atoms with E-state index in [0.29, 0.717) is 5.54 Å². The van der Waals surface area contributed by atoms with Crippen LogP contribution in [0.25, 0.3) is 0 Å². The Hall–Kier alpha value is -0.800. The Labute approximate surface area is 110 Å². The highest BCUT2D eigenvalue weighted by molar-refractivity contribution is 5.06. The molecule has 2 saturated heterocycles. The second-order valence-corrected chi connectivity index (χ2v) is 6.01. The molecule has 1 aromatic rings. The number of hydrogen-bond acceptors (Lipinski definition) is 3. The SMILES string of the molecule is CN1CCCCC12CCN(Cc1ccoc1)CC2. The minimum atomic E-state index is 0.519. The van der Waals surface area contributed by atoms with Gasteiger partial charge in [0.2, 0.25) is 0 Å². The number of hydrogen-bond donors (Lipinski definition) is 0. The van der Waals surface area contributed by atoms with E-state index < -0.39 is 0 Å². The van der Waals surface area contributed by atoms with Gasteiger partial charge in [0.25, 0.3) is 0 Å². The molecule has 0 N–H and O–H groups in total. The minimum absolute atomic E-state index is 0.519. The maximum Gasteiger partial charge on any atom is 0.0947 e. The zero-order valence-corrected chi connectivity index (χ0v) is 11.4. The second kappa shape index (κ2) is 5.06. The summed E-state index contributed by atoms with van der Waals surface area (Å²) in [5, 5.41) is 0. The first-order chi connectivity index (χ1) is 8.78. The molecule has 0 bridgehead atoms. The summed E-state index contributed by atoms with van der Waals surface area (Å²) >= 11 is 0. The fraction of sp³-hybridized carbons (Fsp3) is 0.733. The summed E-state index contributed by atoms with van der Waals surface area (Å²) in [6.07, 6.45) is 10.5. The van der Waals surface area contributed by atoms with Crippen LogP contribution in [0.2, 0.25) is 0 Å². The third-order valence-electron chi connectivity index (χ3n) is 4.97. The number of piperidine rings is 2. The lowest BCUT2D eigenvalue weighted by molar-refractivity contribution is 0.00816. The molecular weight excluding hydrogens is 224 g/mol. The Bertz CT molecular complexity index is 366. The van der Waals surface area contributed by atoms with Crippen LogP contribution in [0.1, 0.15) is 37.7 Å². The molecule has 2 aliphatic heterocycles. The molecule has 3 heteroatoms. The van der Waals surface area contributed by atoms with Gasteiger partial charge in [0.1, 0.15) is 0 Å². The van der Waals surface area contributed by atoms with E-state index in [1.807, 2.05) is 6.26 Å². The maximum atomic E-state index is 5.15. The average Bonchev–Trinajstić information content (AvgIpc) is 2.89. The topological polar surface area (TPSA) is 19.6 Å². The Balaban J connectivity index is 1.57. The van der Waals surface area contributed by atoms with Gasteiger partial charge in [-0.25, -0.2) is 0 Å². The highest BCUT2D eigenvalue weighted by Crippen LogP contribution is 2.36. The van der Waals surface area contributed by atoms with Crippen LogP contribution in [0.4, 0.5) is 0 Å². The molecule has 18 heavy (non-hydrogen) atoms. The van der Waals surface area contributed by atoms with Crippen molar-refractivity contribution in [3.8, 4) is 0 Å². The Morgan fingerprint density at radius 2 is 2.00 bits per heavy atom. The Kier molecular flexibility index (Phi) is 3.44. The molecule has 1 spiro atoms. The Morgan fingerprint density at radius 1 is 1.17 bits per heavy atom. The summed E-state index contributed by atoms with van der Waals surface area (Å²) in [6, 6.07) is 2.08. The van der Waals surface area contributed by atoms with Gasteiger partial charge in [-0.05, 0) is 45.3 Å². The van der Waals surface area contributed by atoms with Crippen molar-refractivity contribution in [1.82, 2.24) is 9.80 Å². The van der Waals surface area contributed by atoms with Crippen molar-refractivity contribution in [3.63, 3.8) is 0 Å². The largest absolute Gasteiger partial charge is 0.472 e. The summed E-state index contributed by atoms with van der Waals surface area (Å²) < 4.78 is 5.15. The number of likely N-dealkylation sites (tertiary alicyclic amines) is 2. The lowest BCUT2D eigenvalue weighted by Gasteiger charge is -2.50. The van der Waals surface area contributed by atoms with Crippen LogP contribution in [-0.2, 0) is 6.54 Å². The molecule has 2 fully saturated rings. The van der Waals surface area contributed by atoms with Gasteiger partial charge >= 0.3 is 0 Å². The van der Waals surface area contributed by atoms with Gasteiger partial charge in [-0.1, -0.05) is 6.42 Å².